The van der Waals surface area contributed by atoms with Gasteiger partial charge in [0.2, 0.25) is 0 Å². The SMILES string of the molecule is O=[N+]([O-])c1cccc([N+](=O)[O-])c1C=NNc1nnc(NN=Cc2c([N+](=O)[O-])cccc2[N+](=O)[O-])c2ccccc12. The van der Waals surface area contributed by atoms with Crippen molar-refractivity contribution in [1.82, 2.24) is 10.2 Å². The van der Waals surface area contributed by atoms with E-state index >= 15 is 0 Å². The molecule has 18 nitrogen and oxygen atoms in total. The highest BCUT2D eigenvalue weighted by Gasteiger charge is 2.24. The molecule has 0 bridgehead atoms. The minimum absolute atomic E-state index is 0.0805. The van der Waals surface area contributed by atoms with E-state index in [1.54, 1.807) is 24.3 Å². The molecule has 1 heterocycles. The standard InChI is InChI=1S/C22H14N10O8/c33-29(34)17-7-3-8-18(30(35)36)15(17)11-23-25-21-13-5-1-2-6-14(13)22(28-27-21)26-24-12-16-19(31(37)38)9-4-10-20(16)32(39)40/h1-12H,(H,25,27)(H,26,28). The van der Waals surface area contributed by atoms with Crippen LogP contribution in [0.1, 0.15) is 11.1 Å². The molecule has 4 aromatic rings. The summed E-state index contributed by atoms with van der Waals surface area (Å²) >= 11 is 0. The molecule has 18 heteroatoms. The molecule has 0 fully saturated rings. The van der Waals surface area contributed by atoms with Crippen LogP contribution in [0.5, 0.6) is 0 Å². The van der Waals surface area contributed by atoms with Crippen molar-refractivity contribution in [3.63, 3.8) is 0 Å². The molecule has 0 aliphatic heterocycles. The highest BCUT2D eigenvalue weighted by molar-refractivity contribution is 5.99. The molecule has 0 atom stereocenters. The van der Waals surface area contributed by atoms with E-state index in [0.29, 0.717) is 10.8 Å². The van der Waals surface area contributed by atoms with Crippen LogP contribution < -0.4 is 10.9 Å². The van der Waals surface area contributed by atoms with Crippen molar-refractivity contribution < 1.29 is 19.7 Å². The predicted molar refractivity (Wildman–Crippen MR) is 141 cm³/mol. The van der Waals surface area contributed by atoms with E-state index in [9.17, 15) is 40.5 Å². The number of hydrogen-bond acceptors (Lipinski definition) is 14. The maximum Gasteiger partial charge on any atom is 0.285 e. The average molecular weight is 546 g/mol. The molecular weight excluding hydrogens is 532 g/mol. The molecule has 1 aromatic heterocycles. The lowest BCUT2D eigenvalue weighted by atomic mass is 10.1. The van der Waals surface area contributed by atoms with E-state index in [4.69, 9.17) is 0 Å². The van der Waals surface area contributed by atoms with Crippen molar-refractivity contribution >= 4 is 57.6 Å². The molecule has 0 saturated heterocycles. The van der Waals surface area contributed by atoms with Crippen LogP contribution in [0.15, 0.2) is 70.9 Å². The Bertz CT molecular complexity index is 1550. The third-order valence-electron chi connectivity index (χ3n) is 5.32. The van der Waals surface area contributed by atoms with Crippen molar-refractivity contribution in [3.05, 3.63) is 112 Å². The van der Waals surface area contributed by atoms with Crippen LogP contribution in [-0.4, -0.2) is 42.3 Å². The van der Waals surface area contributed by atoms with Crippen LogP contribution in [0, 0.1) is 40.5 Å². The molecule has 0 amide bonds. The largest absolute Gasteiger partial charge is 0.285 e. The second-order valence-corrected chi connectivity index (χ2v) is 7.63. The normalized spacial score (nSPS) is 11.1. The van der Waals surface area contributed by atoms with Crippen LogP contribution in [0.2, 0.25) is 0 Å². The average Bonchev–Trinajstić information content (AvgIpc) is 2.93. The molecule has 2 N–H and O–H groups in total. The van der Waals surface area contributed by atoms with Gasteiger partial charge < -0.3 is 0 Å². The quantitative estimate of drug-likeness (QED) is 0.162. The van der Waals surface area contributed by atoms with Gasteiger partial charge in [-0.05, 0) is 12.1 Å². The summed E-state index contributed by atoms with van der Waals surface area (Å²) in [7, 11) is 0. The highest BCUT2D eigenvalue weighted by atomic mass is 16.6. The van der Waals surface area contributed by atoms with Gasteiger partial charge >= 0.3 is 0 Å². The Morgan fingerprint density at radius 2 is 0.875 bits per heavy atom. The first-order chi connectivity index (χ1) is 19.2. The van der Waals surface area contributed by atoms with E-state index in [1.807, 2.05) is 0 Å². The smallest absolute Gasteiger partial charge is 0.259 e. The number of anilines is 2. The number of nitrogens with zero attached hydrogens (tertiary/aromatic N) is 8. The van der Waals surface area contributed by atoms with Crippen molar-refractivity contribution in [1.29, 1.82) is 0 Å². The molecule has 200 valence electrons. The lowest BCUT2D eigenvalue weighted by Crippen LogP contribution is -2.04. The zero-order valence-electron chi connectivity index (χ0n) is 19.8. The monoisotopic (exact) mass is 546 g/mol. The number of fused-ring (bicyclic) bond motifs is 1. The third-order valence-corrected chi connectivity index (χ3v) is 5.32. The van der Waals surface area contributed by atoms with Gasteiger partial charge in [0, 0.05) is 35.0 Å². The number of aromatic nitrogens is 2. The number of nitro benzene ring substituents is 4. The maximum atomic E-state index is 11.3. The van der Waals surface area contributed by atoms with Crippen LogP contribution >= 0.6 is 0 Å². The van der Waals surface area contributed by atoms with E-state index in [1.165, 1.54) is 12.1 Å². The molecule has 0 spiro atoms. The first-order valence-electron chi connectivity index (χ1n) is 10.9. The van der Waals surface area contributed by atoms with Gasteiger partial charge in [-0.25, -0.2) is 0 Å². The van der Waals surface area contributed by atoms with Crippen molar-refractivity contribution in [2.75, 3.05) is 10.9 Å². The highest BCUT2D eigenvalue weighted by Crippen LogP contribution is 2.29. The third kappa shape index (κ3) is 5.44. The van der Waals surface area contributed by atoms with Crippen LogP contribution in [-0.2, 0) is 0 Å². The second kappa shape index (κ2) is 11.3. The maximum absolute atomic E-state index is 11.3. The number of hydrogen-bond donors (Lipinski definition) is 2. The minimum Gasteiger partial charge on any atom is -0.259 e. The fourth-order valence-electron chi connectivity index (χ4n) is 3.57. The summed E-state index contributed by atoms with van der Waals surface area (Å²) in [6, 6.07) is 13.3. The Kier molecular flexibility index (Phi) is 7.51. The Balaban J connectivity index is 1.64. The summed E-state index contributed by atoms with van der Waals surface area (Å²) in [5, 5.41) is 61.8. The van der Waals surface area contributed by atoms with Gasteiger partial charge in [0.15, 0.2) is 11.6 Å². The first kappa shape index (κ1) is 26.6. The Hall–Kier alpha value is -6.46. The molecule has 0 aliphatic rings. The van der Waals surface area contributed by atoms with Crippen LogP contribution in [0.3, 0.4) is 0 Å². The molecule has 0 saturated carbocycles. The number of hydrazone groups is 2. The van der Waals surface area contributed by atoms with Crippen molar-refractivity contribution in [3.8, 4) is 0 Å². The molecule has 0 aliphatic carbocycles. The van der Waals surface area contributed by atoms with Gasteiger partial charge in [-0.2, -0.15) is 10.2 Å². The fraction of sp³-hybridized carbons (Fsp3) is 0. The number of nitro groups is 4. The Morgan fingerprint density at radius 1 is 0.550 bits per heavy atom. The molecular formula is C22H14N10O8. The topological polar surface area (TPSA) is 247 Å². The molecule has 4 rings (SSSR count). The fourth-order valence-corrected chi connectivity index (χ4v) is 3.57. The van der Waals surface area contributed by atoms with Crippen molar-refractivity contribution in [2.45, 2.75) is 0 Å². The summed E-state index contributed by atoms with van der Waals surface area (Å²) in [4.78, 5) is 42.2. The number of benzene rings is 3. The lowest BCUT2D eigenvalue weighted by molar-refractivity contribution is -0.394. The zero-order chi connectivity index (χ0) is 28.8. The van der Waals surface area contributed by atoms with Gasteiger partial charge in [0.25, 0.3) is 22.7 Å². The molecule has 40 heavy (non-hydrogen) atoms. The van der Waals surface area contributed by atoms with Gasteiger partial charge in [-0.1, -0.05) is 24.3 Å². The number of nitrogens with one attached hydrogen (secondary N) is 2. The summed E-state index contributed by atoms with van der Waals surface area (Å²) < 4.78 is 0. The zero-order valence-corrected chi connectivity index (χ0v) is 19.8. The van der Waals surface area contributed by atoms with Gasteiger partial charge in [-0.15, -0.1) is 10.2 Å². The summed E-state index contributed by atoms with van der Waals surface area (Å²) in [6.07, 6.45) is 1.84. The van der Waals surface area contributed by atoms with Crippen LogP contribution in [0.25, 0.3) is 10.8 Å². The first-order valence-corrected chi connectivity index (χ1v) is 10.9. The molecule has 0 radical (unpaired) electrons. The van der Waals surface area contributed by atoms with Gasteiger partial charge in [0.1, 0.15) is 11.1 Å². The Labute approximate surface area is 221 Å². The van der Waals surface area contributed by atoms with E-state index in [2.05, 4.69) is 31.3 Å². The summed E-state index contributed by atoms with van der Waals surface area (Å²) in [6.45, 7) is 0. The predicted octanol–water partition coefficient (Wildman–Crippen LogP) is 4.15. The van der Waals surface area contributed by atoms with Crippen molar-refractivity contribution in [2.24, 2.45) is 10.2 Å². The minimum atomic E-state index is -0.775. The number of rotatable bonds is 10. The summed E-state index contributed by atoms with van der Waals surface area (Å²) in [5.74, 6) is 0.161. The molecule has 3 aromatic carbocycles. The lowest BCUT2D eigenvalue weighted by Gasteiger charge is -2.08. The van der Waals surface area contributed by atoms with E-state index in [-0.39, 0.29) is 22.8 Å². The second-order valence-electron chi connectivity index (χ2n) is 7.63. The van der Waals surface area contributed by atoms with Crippen LogP contribution in [0.4, 0.5) is 34.4 Å². The van der Waals surface area contributed by atoms with E-state index < -0.39 is 42.4 Å². The molecule has 0 unspecified atom stereocenters. The summed E-state index contributed by atoms with van der Waals surface area (Å²) in [5.41, 5.74) is 2.35. The van der Waals surface area contributed by atoms with Gasteiger partial charge in [0.05, 0.1) is 32.1 Å². The van der Waals surface area contributed by atoms with Gasteiger partial charge in [-0.3, -0.25) is 51.3 Å². The Morgan fingerprint density at radius 3 is 1.18 bits per heavy atom. The van der Waals surface area contributed by atoms with E-state index in [0.717, 1.165) is 36.7 Å².